The van der Waals surface area contributed by atoms with Gasteiger partial charge >= 0.3 is 0 Å². The van der Waals surface area contributed by atoms with Crippen LogP contribution in [-0.2, 0) is 0 Å². The third-order valence-corrected chi connectivity index (χ3v) is 3.37. The lowest BCUT2D eigenvalue weighted by atomic mass is 9.86. The number of rotatable bonds is 3. The fraction of sp³-hybridized carbons (Fsp3) is 0.357. The Bertz CT molecular complexity index is 537. The second-order valence-corrected chi connectivity index (χ2v) is 4.59. The summed E-state index contributed by atoms with van der Waals surface area (Å²) in [5, 5.41) is 1.72. The van der Waals surface area contributed by atoms with Crippen molar-refractivity contribution in [1.29, 1.82) is 0 Å². The van der Waals surface area contributed by atoms with Crippen molar-refractivity contribution < 1.29 is 9.13 Å². The topological polar surface area (TPSA) is 22.1 Å². The highest BCUT2D eigenvalue weighted by atomic mass is 19.1. The van der Waals surface area contributed by atoms with Crippen molar-refractivity contribution in [1.82, 2.24) is 4.98 Å². The highest BCUT2D eigenvalue weighted by molar-refractivity contribution is 5.86. The van der Waals surface area contributed by atoms with Gasteiger partial charge in [0, 0.05) is 11.6 Å². The van der Waals surface area contributed by atoms with E-state index in [1.807, 2.05) is 0 Å². The second-order valence-electron chi connectivity index (χ2n) is 4.59. The van der Waals surface area contributed by atoms with Crippen molar-refractivity contribution in [2.45, 2.75) is 19.3 Å². The van der Waals surface area contributed by atoms with Crippen LogP contribution in [0.3, 0.4) is 0 Å². The van der Waals surface area contributed by atoms with Gasteiger partial charge in [-0.2, -0.15) is 0 Å². The third kappa shape index (κ3) is 2.09. The zero-order chi connectivity index (χ0) is 11.7. The average Bonchev–Trinajstić information content (AvgIpc) is 2.26. The Morgan fingerprint density at radius 1 is 1.29 bits per heavy atom. The van der Waals surface area contributed by atoms with Crippen molar-refractivity contribution in [3.8, 4) is 5.88 Å². The molecule has 3 heteroatoms. The average molecular weight is 231 g/mol. The molecule has 0 unspecified atom stereocenters. The highest BCUT2D eigenvalue weighted by Gasteiger charge is 2.18. The van der Waals surface area contributed by atoms with E-state index in [0.29, 0.717) is 11.8 Å². The molecule has 0 amide bonds. The maximum Gasteiger partial charge on any atom is 0.221 e. The summed E-state index contributed by atoms with van der Waals surface area (Å²) < 4.78 is 18.8. The van der Waals surface area contributed by atoms with Crippen LogP contribution in [0.1, 0.15) is 19.3 Å². The summed E-state index contributed by atoms with van der Waals surface area (Å²) >= 11 is 0. The van der Waals surface area contributed by atoms with E-state index in [1.165, 1.54) is 31.4 Å². The first-order valence-corrected chi connectivity index (χ1v) is 6.00. The van der Waals surface area contributed by atoms with Crippen LogP contribution in [0, 0.1) is 11.7 Å². The molecule has 0 aliphatic heterocycles. The molecule has 0 saturated heterocycles. The fourth-order valence-corrected chi connectivity index (χ4v) is 2.09. The first-order valence-electron chi connectivity index (χ1n) is 6.00. The van der Waals surface area contributed by atoms with Crippen LogP contribution in [0.5, 0.6) is 5.88 Å². The lowest BCUT2D eigenvalue weighted by Gasteiger charge is -2.25. The molecule has 1 fully saturated rings. The predicted molar refractivity (Wildman–Crippen MR) is 64.5 cm³/mol. The van der Waals surface area contributed by atoms with E-state index in [-0.39, 0.29) is 5.82 Å². The Kier molecular flexibility index (Phi) is 2.67. The summed E-state index contributed by atoms with van der Waals surface area (Å²) in [6.07, 6.45) is 5.47. The maximum absolute atomic E-state index is 13.1. The monoisotopic (exact) mass is 231 g/mol. The fourth-order valence-electron chi connectivity index (χ4n) is 2.09. The maximum atomic E-state index is 13.1. The van der Waals surface area contributed by atoms with Gasteiger partial charge in [-0.25, -0.2) is 9.37 Å². The van der Waals surface area contributed by atoms with Gasteiger partial charge in [0.25, 0.3) is 0 Å². The number of ether oxygens (including phenoxy) is 1. The number of halogens is 1. The SMILES string of the molecule is Fc1ccc2c(OCC3CCC3)nccc2c1. The Morgan fingerprint density at radius 2 is 2.18 bits per heavy atom. The molecule has 0 radical (unpaired) electrons. The molecule has 1 saturated carbocycles. The Hall–Kier alpha value is -1.64. The lowest BCUT2D eigenvalue weighted by Crippen LogP contribution is -2.19. The van der Waals surface area contributed by atoms with Crippen molar-refractivity contribution in [3.63, 3.8) is 0 Å². The minimum Gasteiger partial charge on any atom is -0.477 e. The minimum absolute atomic E-state index is 0.228. The molecule has 0 atom stereocenters. The Labute approximate surface area is 99.4 Å². The molecular formula is C14H14FNO. The predicted octanol–water partition coefficient (Wildman–Crippen LogP) is 3.55. The lowest BCUT2D eigenvalue weighted by molar-refractivity contribution is 0.177. The van der Waals surface area contributed by atoms with Gasteiger partial charge in [-0.05, 0) is 48.4 Å². The molecule has 0 N–H and O–H groups in total. The van der Waals surface area contributed by atoms with Gasteiger partial charge in [0.1, 0.15) is 5.82 Å². The number of hydrogen-bond donors (Lipinski definition) is 0. The summed E-state index contributed by atoms with van der Waals surface area (Å²) in [6, 6.07) is 6.48. The molecule has 1 aromatic heterocycles. The van der Waals surface area contributed by atoms with Crippen LogP contribution in [0.15, 0.2) is 30.5 Å². The molecule has 3 rings (SSSR count). The first-order chi connectivity index (χ1) is 8.33. The molecule has 0 spiro atoms. The van der Waals surface area contributed by atoms with Gasteiger partial charge < -0.3 is 4.74 Å². The molecule has 1 aliphatic rings. The van der Waals surface area contributed by atoms with E-state index in [2.05, 4.69) is 4.98 Å². The smallest absolute Gasteiger partial charge is 0.221 e. The zero-order valence-corrected chi connectivity index (χ0v) is 9.53. The largest absolute Gasteiger partial charge is 0.477 e. The molecule has 1 heterocycles. The Morgan fingerprint density at radius 3 is 2.94 bits per heavy atom. The van der Waals surface area contributed by atoms with E-state index >= 15 is 0 Å². The zero-order valence-electron chi connectivity index (χ0n) is 9.53. The number of hydrogen-bond acceptors (Lipinski definition) is 2. The summed E-state index contributed by atoms with van der Waals surface area (Å²) in [6.45, 7) is 0.726. The minimum atomic E-state index is -0.228. The van der Waals surface area contributed by atoms with Gasteiger partial charge in [-0.15, -0.1) is 0 Å². The van der Waals surface area contributed by atoms with Crippen LogP contribution in [0.4, 0.5) is 4.39 Å². The van der Waals surface area contributed by atoms with Crippen molar-refractivity contribution in [3.05, 3.63) is 36.3 Å². The highest BCUT2D eigenvalue weighted by Crippen LogP contribution is 2.29. The van der Waals surface area contributed by atoms with Gasteiger partial charge in [0.05, 0.1) is 6.61 Å². The third-order valence-electron chi connectivity index (χ3n) is 3.37. The molecule has 17 heavy (non-hydrogen) atoms. The van der Waals surface area contributed by atoms with Crippen molar-refractivity contribution in [2.75, 3.05) is 6.61 Å². The molecular weight excluding hydrogens is 217 g/mol. The number of nitrogens with zero attached hydrogens (tertiary/aromatic N) is 1. The van der Waals surface area contributed by atoms with E-state index in [4.69, 9.17) is 4.74 Å². The van der Waals surface area contributed by atoms with Crippen LogP contribution in [-0.4, -0.2) is 11.6 Å². The van der Waals surface area contributed by atoms with Crippen molar-refractivity contribution in [2.24, 2.45) is 5.92 Å². The quantitative estimate of drug-likeness (QED) is 0.805. The van der Waals surface area contributed by atoms with E-state index in [0.717, 1.165) is 17.4 Å². The molecule has 1 aromatic carbocycles. The van der Waals surface area contributed by atoms with Gasteiger partial charge in [-0.1, -0.05) is 6.42 Å². The number of benzene rings is 1. The number of fused-ring (bicyclic) bond motifs is 1. The molecule has 0 bridgehead atoms. The molecule has 1 aliphatic carbocycles. The van der Waals surface area contributed by atoms with Crippen LogP contribution in [0.25, 0.3) is 10.8 Å². The van der Waals surface area contributed by atoms with Gasteiger partial charge in [0.2, 0.25) is 5.88 Å². The van der Waals surface area contributed by atoms with Crippen LogP contribution < -0.4 is 4.74 Å². The number of pyridine rings is 1. The van der Waals surface area contributed by atoms with Crippen LogP contribution >= 0.6 is 0 Å². The molecule has 2 aromatic rings. The van der Waals surface area contributed by atoms with E-state index < -0.39 is 0 Å². The van der Waals surface area contributed by atoms with E-state index in [9.17, 15) is 4.39 Å². The summed E-state index contributed by atoms with van der Waals surface area (Å²) in [5.41, 5.74) is 0. The van der Waals surface area contributed by atoms with E-state index in [1.54, 1.807) is 18.3 Å². The molecule has 88 valence electrons. The van der Waals surface area contributed by atoms with Gasteiger partial charge in [0.15, 0.2) is 0 Å². The Balaban J connectivity index is 1.87. The van der Waals surface area contributed by atoms with Gasteiger partial charge in [-0.3, -0.25) is 0 Å². The van der Waals surface area contributed by atoms with Crippen LogP contribution in [0.2, 0.25) is 0 Å². The summed E-state index contributed by atoms with van der Waals surface area (Å²) in [7, 11) is 0. The summed E-state index contributed by atoms with van der Waals surface area (Å²) in [5.74, 6) is 1.07. The standard InChI is InChI=1S/C14H14FNO/c15-12-4-5-13-11(8-12)6-7-16-14(13)17-9-10-2-1-3-10/h4-8,10H,1-3,9H2. The second kappa shape index (κ2) is 4.32. The van der Waals surface area contributed by atoms with Crippen molar-refractivity contribution >= 4 is 10.8 Å². The first kappa shape index (κ1) is 10.5. The number of aromatic nitrogens is 1. The normalized spacial score (nSPS) is 15.8. The molecule has 2 nitrogen and oxygen atoms in total. The summed E-state index contributed by atoms with van der Waals surface area (Å²) in [4.78, 5) is 4.22.